The summed E-state index contributed by atoms with van der Waals surface area (Å²) in [6.45, 7) is 20.8. The first-order valence-electron chi connectivity index (χ1n) is 15.2. The molecule has 0 radical (unpaired) electrons. The van der Waals surface area contributed by atoms with Crippen LogP contribution >= 0.6 is 0 Å². The summed E-state index contributed by atoms with van der Waals surface area (Å²) in [6, 6.07) is 0. The van der Waals surface area contributed by atoms with E-state index < -0.39 is 0 Å². The van der Waals surface area contributed by atoms with Gasteiger partial charge in [0, 0.05) is 19.4 Å². The Labute approximate surface area is 226 Å². The first kappa shape index (κ1) is 27.3. The van der Waals surface area contributed by atoms with E-state index in [-0.39, 0.29) is 45.1 Å². The van der Waals surface area contributed by atoms with Gasteiger partial charge in [0.25, 0.3) is 0 Å². The molecule has 208 valence electrons. The summed E-state index contributed by atoms with van der Waals surface area (Å²) < 4.78 is 5.91. The minimum atomic E-state index is -0.211. The van der Waals surface area contributed by atoms with Gasteiger partial charge in [0.1, 0.15) is 6.10 Å². The zero-order valence-corrected chi connectivity index (χ0v) is 25.0. The lowest BCUT2D eigenvalue weighted by molar-refractivity contribution is -0.248. The number of carbonyl (C=O) groups is 2. The quantitative estimate of drug-likeness (QED) is 0.319. The van der Waals surface area contributed by atoms with Crippen molar-refractivity contribution in [2.75, 3.05) is 7.05 Å². The van der Waals surface area contributed by atoms with Gasteiger partial charge in [-0.15, -0.1) is 0 Å². The summed E-state index contributed by atoms with van der Waals surface area (Å²) in [7, 11) is 1.84. The van der Waals surface area contributed by atoms with Crippen molar-refractivity contribution >= 4 is 11.9 Å². The van der Waals surface area contributed by atoms with Crippen molar-refractivity contribution < 1.29 is 14.3 Å². The average Bonchev–Trinajstić information content (AvgIpc) is 3.22. The van der Waals surface area contributed by atoms with Gasteiger partial charge in [-0.2, -0.15) is 0 Å². The predicted octanol–water partition coefficient (Wildman–Crippen LogP) is 7.32. The van der Waals surface area contributed by atoms with Gasteiger partial charge in [0.05, 0.1) is 5.41 Å². The van der Waals surface area contributed by atoms with E-state index in [9.17, 15) is 9.59 Å². The highest BCUT2D eigenvalue weighted by Gasteiger charge is 2.72. The van der Waals surface area contributed by atoms with Crippen molar-refractivity contribution in [3.05, 3.63) is 12.2 Å². The zero-order chi connectivity index (χ0) is 27.2. The van der Waals surface area contributed by atoms with E-state index in [1.807, 2.05) is 7.05 Å². The molecule has 5 aliphatic rings. The fraction of sp³-hybridized carbons (Fsp3) is 0.879. The van der Waals surface area contributed by atoms with Crippen LogP contribution in [-0.2, 0) is 14.3 Å². The van der Waals surface area contributed by atoms with Gasteiger partial charge in [-0.05, 0) is 117 Å². The fourth-order valence-electron chi connectivity index (χ4n) is 12.2. The van der Waals surface area contributed by atoms with Crippen molar-refractivity contribution in [1.82, 2.24) is 5.32 Å². The molecule has 4 nitrogen and oxygen atoms in total. The molecule has 5 rings (SSSR count). The number of hydrogen-bond acceptors (Lipinski definition) is 3. The Hall–Kier alpha value is -1.32. The summed E-state index contributed by atoms with van der Waals surface area (Å²) in [5.41, 5.74) is 1.84. The van der Waals surface area contributed by atoms with Crippen LogP contribution in [0.2, 0.25) is 0 Å². The molecule has 4 heteroatoms. The van der Waals surface area contributed by atoms with Gasteiger partial charge in [-0.1, -0.05) is 46.8 Å². The molecular weight excluding hydrogens is 458 g/mol. The van der Waals surface area contributed by atoms with Crippen molar-refractivity contribution in [1.29, 1.82) is 0 Å². The number of fused-ring (bicyclic) bond motifs is 7. The topological polar surface area (TPSA) is 55.4 Å². The lowest BCUT2D eigenvalue weighted by atomic mass is 9.32. The third kappa shape index (κ3) is 3.45. The number of rotatable bonds is 3. The molecule has 5 fully saturated rings. The molecule has 37 heavy (non-hydrogen) atoms. The smallest absolute Gasteiger partial charge is 0.302 e. The molecule has 0 aromatic heterocycles. The number of amides is 1. The summed E-state index contributed by atoms with van der Waals surface area (Å²) in [6.07, 6.45) is 11.4. The molecular formula is C33H53NO3. The van der Waals surface area contributed by atoms with Crippen LogP contribution in [0.1, 0.15) is 113 Å². The first-order chi connectivity index (χ1) is 17.2. The number of carbonyl (C=O) groups excluding carboxylic acids is 2. The van der Waals surface area contributed by atoms with Crippen LogP contribution in [0.15, 0.2) is 12.2 Å². The number of hydrogen-bond donors (Lipinski definition) is 1. The fourth-order valence-corrected chi connectivity index (χ4v) is 12.2. The first-order valence-corrected chi connectivity index (χ1v) is 15.2. The highest BCUT2D eigenvalue weighted by atomic mass is 16.5. The third-order valence-corrected chi connectivity index (χ3v) is 14.0. The Morgan fingerprint density at radius 2 is 1.51 bits per heavy atom. The summed E-state index contributed by atoms with van der Waals surface area (Å²) in [5, 5.41) is 3.10. The summed E-state index contributed by atoms with van der Waals surface area (Å²) in [4.78, 5) is 25.4. The minimum Gasteiger partial charge on any atom is -0.462 e. The van der Waals surface area contributed by atoms with Gasteiger partial charge in [0.2, 0.25) is 5.91 Å². The van der Waals surface area contributed by atoms with E-state index in [2.05, 4.69) is 53.4 Å². The minimum absolute atomic E-state index is 0.00478. The zero-order valence-electron chi connectivity index (χ0n) is 25.0. The van der Waals surface area contributed by atoms with Crippen LogP contribution < -0.4 is 5.32 Å². The van der Waals surface area contributed by atoms with Gasteiger partial charge in [0.15, 0.2) is 0 Å². The molecule has 0 aromatic rings. The van der Waals surface area contributed by atoms with Crippen LogP contribution in [0.5, 0.6) is 0 Å². The van der Waals surface area contributed by atoms with Crippen molar-refractivity contribution in [3.8, 4) is 0 Å². The van der Waals surface area contributed by atoms with E-state index in [0.29, 0.717) is 29.6 Å². The standard InChI is InChI=1S/C33H53NO3/c1-20(2)22-12-17-33(28(36)34-9)19-18-31(7)23(27(22)33)10-11-25-30(6)15-14-26(37-21(3)35)29(4,5)24(30)13-16-32(25,31)8/h22-27H,1,10-19H2,2-9H3,(H,34,36)/t22-,23+,24-,25?,26-,27+,30-,31+,32+,33-/m0/s1. The van der Waals surface area contributed by atoms with Crippen LogP contribution in [0.4, 0.5) is 0 Å². The Balaban J connectivity index is 1.52. The Kier molecular flexibility index (Phi) is 6.33. The molecule has 1 amide bonds. The van der Waals surface area contributed by atoms with Gasteiger partial charge >= 0.3 is 5.97 Å². The highest BCUT2D eigenvalue weighted by Crippen LogP contribution is 2.77. The molecule has 0 saturated heterocycles. The molecule has 1 N–H and O–H groups in total. The number of allylic oxidation sites excluding steroid dienone is 1. The van der Waals surface area contributed by atoms with E-state index in [0.717, 1.165) is 38.5 Å². The van der Waals surface area contributed by atoms with Crippen LogP contribution in [-0.4, -0.2) is 25.0 Å². The van der Waals surface area contributed by atoms with E-state index in [4.69, 9.17) is 4.74 Å². The molecule has 5 aliphatic carbocycles. The number of nitrogens with one attached hydrogen (secondary N) is 1. The molecule has 10 atom stereocenters. The molecule has 5 saturated carbocycles. The second-order valence-electron chi connectivity index (χ2n) is 15.4. The predicted molar refractivity (Wildman–Crippen MR) is 149 cm³/mol. The van der Waals surface area contributed by atoms with Crippen molar-refractivity contribution in [2.45, 2.75) is 119 Å². The Morgan fingerprint density at radius 3 is 2.14 bits per heavy atom. The number of esters is 1. The SMILES string of the molecule is C=C(C)[C@@H]1CC[C@]2(C(=O)NC)CC[C@]3(C)[C@H](CCC4[C@@]5(C)CC[C@H](OC(C)=O)C(C)(C)[C@@H]5CC[C@]43C)[C@@H]12. The molecule has 0 bridgehead atoms. The second-order valence-corrected chi connectivity index (χ2v) is 15.4. The van der Waals surface area contributed by atoms with Crippen molar-refractivity contribution in [3.63, 3.8) is 0 Å². The largest absolute Gasteiger partial charge is 0.462 e. The molecule has 0 spiro atoms. The van der Waals surface area contributed by atoms with Crippen molar-refractivity contribution in [2.24, 2.45) is 56.7 Å². The summed E-state index contributed by atoms with van der Waals surface area (Å²) in [5.74, 6) is 2.86. The molecule has 0 aliphatic heterocycles. The normalized spacial score (nSPS) is 50.1. The Bertz CT molecular complexity index is 986. The molecule has 1 unspecified atom stereocenters. The van der Waals surface area contributed by atoms with Gasteiger partial charge in [-0.25, -0.2) is 0 Å². The van der Waals surface area contributed by atoms with Crippen LogP contribution in [0.25, 0.3) is 0 Å². The molecule has 0 aromatic carbocycles. The Morgan fingerprint density at radius 1 is 0.811 bits per heavy atom. The van der Waals surface area contributed by atoms with Crippen LogP contribution in [0, 0.1) is 56.7 Å². The van der Waals surface area contributed by atoms with E-state index in [1.54, 1.807) is 6.92 Å². The monoisotopic (exact) mass is 511 g/mol. The lowest BCUT2D eigenvalue weighted by Crippen LogP contribution is -2.67. The summed E-state index contributed by atoms with van der Waals surface area (Å²) >= 11 is 0. The maximum Gasteiger partial charge on any atom is 0.302 e. The highest BCUT2D eigenvalue weighted by molar-refractivity contribution is 5.83. The average molecular weight is 512 g/mol. The maximum atomic E-state index is 13.5. The number of ether oxygens (including phenoxy) is 1. The second kappa shape index (κ2) is 8.59. The van der Waals surface area contributed by atoms with Crippen LogP contribution in [0.3, 0.4) is 0 Å². The van der Waals surface area contributed by atoms with Gasteiger partial charge < -0.3 is 10.1 Å². The van der Waals surface area contributed by atoms with E-state index >= 15 is 0 Å². The van der Waals surface area contributed by atoms with Gasteiger partial charge in [-0.3, -0.25) is 9.59 Å². The third-order valence-electron chi connectivity index (χ3n) is 14.0. The van der Waals surface area contributed by atoms with E-state index in [1.165, 1.54) is 31.3 Å². The lowest BCUT2D eigenvalue weighted by Gasteiger charge is -2.72. The molecule has 0 heterocycles. The maximum absolute atomic E-state index is 13.5.